The zero-order valence-corrected chi connectivity index (χ0v) is 8.84. The van der Waals surface area contributed by atoms with Crippen LogP contribution in [0.15, 0.2) is 6.07 Å². The lowest BCUT2D eigenvalue weighted by Gasteiger charge is -2.12. The normalized spacial score (nSPS) is 11.7. The van der Waals surface area contributed by atoms with Crippen LogP contribution in [0.4, 0.5) is 26.3 Å². The summed E-state index contributed by atoms with van der Waals surface area (Å²) >= 11 is 0. The summed E-state index contributed by atoms with van der Waals surface area (Å²) in [7, 11) is 0. The second kappa shape index (κ2) is 5.33. The number of carboxylic acids is 1. The minimum atomic E-state index is -5.22. The fourth-order valence-electron chi connectivity index (χ4n) is 1.18. The van der Waals surface area contributed by atoms with Gasteiger partial charge in [0, 0.05) is 11.6 Å². The van der Waals surface area contributed by atoms with Gasteiger partial charge in [-0.05, 0) is 0 Å². The number of hydrogen-bond donors (Lipinski definition) is 1. The van der Waals surface area contributed by atoms with Crippen LogP contribution < -0.4 is 4.74 Å². The molecule has 0 saturated heterocycles. The predicted octanol–water partition coefficient (Wildman–Crippen LogP) is 2.68. The second-order valence-corrected chi connectivity index (χ2v) is 3.24. The van der Waals surface area contributed by atoms with Gasteiger partial charge < -0.3 is 9.84 Å². The van der Waals surface area contributed by atoms with Crippen molar-refractivity contribution < 1.29 is 41.0 Å². The molecular weight excluding hydrogens is 284 g/mol. The molecule has 1 aromatic rings. The highest BCUT2D eigenvalue weighted by molar-refractivity contribution is 5.70. The van der Waals surface area contributed by atoms with Gasteiger partial charge in [0.2, 0.25) is 5.88 Å². The van der Waals surface area contributed by atoms with Gasteiger partial charge in [0.15, 0.2) is 5.82 Å². The molecule has 0 radical (unpaired) electrons. The van der Waals surface area contributed by atoms with E-state index in [2.05, 4.69) is 9.72 Å². The van der Waals surface area contributed by atoms with E-state index in [0.29, 0.717) is 6.07 Å². The highest BCUT2D eigenvalue weighted by Crippen LogP contribution is 2.29. The molecule has 0 saturated carbocycles. The zero-order chi connectivity index (χ0) is 14.8. The van der Waals surface area contributed by atoms with Gasteiger partial charge in [0.25, 0.3) is 6.43 Å². The maximum Gasteiger partial charge on any atom is 0.574 e. The van der Waals surface area contributed by atoms with Gasteiger partial charge in [-0.15, -0.1) is 13.2 Å². The third-order valence-electron chi connectivity index (χ3n) is 1.80. The Bertz CT molecular complexity index is 488. The first kappa shape index (κ1) is 15.1. The maximum atomic E-state index is 13.4. The Morgan fingerprint density at radius 2 is 2.00 bits per heavy atom. The Hall–Kier alpha value is -2.00. The van der Waals surface area contributed by atoms with Crippen LogP contribution in [0.2, 0.25) is 0 Å². The molecule has 0 unspecified atom stereocenters. The number of nitrogens with zero attached hydrogens (tertiary/aromatic N) is 1. The number of ether oxygens (including phenoxy) is 1. The maximum absolute atomic E-state index is 13.4. The Morgan fingerprint density at radius 3 is 2.42 bits per heavy atom. The molecule has 19 heavy (non-hydrogen) atoms. The average molecular weight is 289 g/mol. The first-order valence-corrected chi connectivity index (χ1v) is 4.55. The van der Waals surface area contributed by atoms with Crippen LogP contribution in [0.5, 0.6) is 5.88 Å². The highest BCUT2D eigenvalue weighted by Gasteiger charge is 2.33. The van der Waals surface area contributed by atoms with Crippen LogP contribution in [-0.2, 0) is 11.2 Å². The quantitative estimate of drug-likeness (QED) is 0.866. The molecule has 0 bridgehead atoms. The molecule has 0 aliphatic heterocycles. The fourth-order valence-corrected chi connectivity index (χ4v) is 1.18. The van der Waals surface area contributed by atoms with Gasteiger partial charge in [0.05, 0.1) is 6.42 Å². The summed E-state index contributed by atoms with van der Waals surface area (Å²) in [5.74, 6) is -4.63. The number of hydrogen-bond acceptors (Lipinski definition) is 3. The molecule has 1 heterocycles. The SMILES string of the molecule is O=C(O)Cc1cc(OC(F)(F)F)nc(C(F)F)c1F. The monoisotopic (exact) mass is 289 g/mol. The van der Waals surface area contributed by atoms with Gasteiger partial charge >= 0.3 is 12.3 Å². The molecule has 1 N–H and O–H groups in total. The van der Waals surface area contributed by atoms with E-state index in [1.807, 2.05) is 0 Å². The number of pyridine rings is 1. The van der Waals surface area contributed by atoms with Crippen LogP contribution >= 0.6 is 0 Å². The average Bonchev–Trinajstić information content (AvgIpc) is 2.19. The molecule has 0 aliphatic rings. The van der Waals surface area contributed by atoms with Crippen LogP contribution in [0, 0.1) is 5.82 Å². The summed E-state index contributed by atoms with van der Waals surface area (Å²) < 4.78 is 77.1. The van der Waals surface area contributed by atoms with Crippen molar-refractivity contribution in [1.29, 1.82) is 0 Å². The Kier molecular flexibility index (Phi) is 4.22. The molecule has 0 aromatic carbocycles. The summed E-state index contributed by atoms with van der Waals surface area (Å²) in [6.07, 6.45) is -9.81. The summed E-state index contributed by atoms with van der Waals surface area (Å²) in [6, 6.07) is 0.308. The fraction of sp³-hybridized carbons (Fsp3) is 0.333. The molecule has 0 atom stereocenters. The first-order chi connectivity index (χ1) is 8.60. The predicted molar refractivity (Wildman–Crippen MR) is 47.2 cm³/mol. The zero-order valence-electron chi connectivity index (χ0n) is 8.84. The lowest BCUT2D eigenvalue weighted by atomic mass is 10.1. The third kappa shape index (κ3) is 4.30. The van der Waals surface area contributed by atoms with Crippen LogP contribution in [0.1, 0.15) is 17.7 Å². The van der Waals surface area contributed by atoms with E-state index in [9.17, 15) is 31.1 Å². The van der Waals surface area contributed by atoms with Crippen LogP contribution in [-0.4, -0.2) is 22.4 Å². The number of aromatic nitrogens is 1. The Labute approximate surface area is 101 Å². The molecule has 1 aromatic heterocycles. The van der Waals surface area contributed by atoms with Crippen molar-refractivity contribution in [3.05, 3.63) is 23.1 Å². The molecule has 10 heteroatoms. The lowest BCUT2D eigenvalue weighted by Crippen LogP contribution is -2.19. The van der Waals surface area contributed by atoms with Crippen LogP contribution in [0.25, 0.3) is 0 Å². The van der Waals surface area contributed by atoms with Gasteiger partial charge in [-0.1, -0.05) is 0 Å². The van der Waals surface area contributed by atoms with E-state index in [0.717, 1.165) is 0 Å². The van der Waals surface area contributed by atoms with Crippen molar-refractivity contribution >= 4 is 5.97 Å². The first-order valence-electron chi connectivity index (χ1n) is 4.55. The molecule has 4 nitrogen and oxygen atoms in total. The topological polar surface area (TPSA) is 59.4 Å². The van der Waals surface area contributed by atoms with Crippen molar-refractivity contribution in [1.82, 2.24) is 4.98 Å². The standard InChI is InChI=1S/C9H5F6NO3/c10-6-3(2-5(17)18)1-4(19-9(13,14)15)16-7(6)8(11)12/h1,8H,2H2,(H,17,18). The number of aliphatic carboxylic acids is 1. The molecule has 0 spiro atoms. The van der Waals surface area contributed by atoms with E-state index in [-0.39, 0.29) is 0 Å². The number of alkyl halides is 5. The molecular formula is C9H5F6NO3. The second-order valence-electron chi connectivity index (χ2n) is 3.24. The largest absolute Gasteiger partial charge is 0.574 e. The number of carboxylic acid groups (broad SMARTS) is 1. The smallest absolute Gasteiger partial charge is 0.481 e. The van der Waals surface area contributed by atoms with E-state index < -0.39 is 48.1 Å². The van der Waals surface area contributed by atoms with E-state index >= 15 is 0 Å². The van der Waals surface area contributed by atoms with Crippen molar-refractivity contribution in [2.75, 3.05) is 0 Å². The minimum Gasteiger partial charge on any atom is -0.481 e. The van der Waals surface area contributed by atoms with Gasteiger partial charge in [-0.3, -0.25) is 4.79 Å². The van der Waals surface area contributed by atoms with E-state index in [4.69, 9.17) is 5.11 Å². The van der Waals surface area contributed by atoms with Crippen molar-refractivity contribution in [2.24, 2.45) is 0 Å². The van der Waals surface area contributed by atoms with E-state index in [1.54, 1.807) is 0 Å². The van der Waals surface area contributed by atoms with Crippen molar-refractivity contribution in [2.45, 2.75) is 19.2 Å². The summed E-state index contributed by atoms with van der Waals surface area (Å²) in [6.45, 7) is 0. The molecule has 106 valence electrons. The molecule has 0 fully saturated rings. The van der Waals surface area contributed by atoms with Crippen molar-refractivity contribution in [3.8, 4) is 5.88 Å². The number of carbonyl (C=O) groups is 1. The Morgan fingerprint density at radius 1 is 1.42 bits per heavy atom. The summed E-state index contributed by atoms with van der Waals surface area (Å²) in [4.78, 5) is 13.0. The molecule has 1 rings (SSSR count). The molecule has 0 amide bonds. The summed E-state index contributed by atoms with van der Waals surface area (Å²) in [5, 5.41) is 8.41. The third-order valence-corrected chi connectivity index (χ3v) is 1.80. The van der Waals surface area contributed by atoms with Crippen molar-refractivity contribution in [3.63, 3.8) is 0 Å². The van der Waals surface area contributed by atoms with Crippen LogP contribution in [0.3, 0.4) is 0 Å². The number of rotatable bonds is 4. The van der Waals surface area contributed by atoms with E-state index in [1.165, 1.54) is 0 Å². The number of halogens is 6. The van der Waals surface area contributed by atoms with Gasteiger partial charge in [-0.2, -0.15) is 0 Å². The lowest BCUT2D eigenvalue weighted by molar-refractivity contribution is -0.276. The minimum absolute atomic E-state index is 0.308. The summed E-state index contributed by atoms with van der Waals surface area (Å²) in [5.41, 5.74) is -2.48. The van der Waals surface area contributed by atoms with Gasteiger partial charge in [0.1, 0.15) is 5.69 Å². The van der Waals surface area contributed by atoms with Gasteiger partial charge in [-0.25, -0.2) is 18.2 Å². The highest BCUT2D eigenvalue weighted by atomic mass is 19.4. The Balaban J connectivity index is 3.26. The molecule has 0 aliphatic carbocycles.